The van der Waals surface area contributed by atoms with Crippen molar-refractivity contribution in [2.24, 2.45) is 0 Å². The van der Waals surface area contributed by atoms with Gasteiger partial charge in [0, 0.05) is 18.2 Å². The van der Waals surface area contributed by atoms with Gasteiger partial charge >= 0.3 is 0 Å². The third-order valence-corrected chi connectivity index (χ3v) is 2.34. The van der Waals surface area contributed by atoms with Gasteiger partial charge in [-0.05, 0) is 18.6 Å². The minimum absolute atomic E-state index is 0.0179. The van der Waals surface area contributed by atoms with Gasteiger partial charge in [0.05, 0.1) is 0 Å². The van der Waals surface area contributed by atoms with Crippen LogP contribution in [0.5, 0.6) is 0 Å². The van der Waals surface area contributed by atoms with Crippen molar-refractivity contribution >= 4 is 11.6 Å². The number of aromatic amines is 1. The monoisotopic (exact) mass is 266 g/mol. The molecule has 2 aromatic rings. The first-order valence-electron chi connectivity index (χ1n) is 5.77. The maximum absolute atomic E-state index is 13.0. The zero-order valence-electron chi connectivity index (χ0n) is 10.2. The van der Waals surface area contributed by atoms with Crippen LogP contribution >= 0.6 is 0 Å². The maximum atomic E-state index is 13.0. The summed E-state index contributed by atoms with van der Waals surface area (Å²) in [6.07, 6.45) is 1.54. The molecule has 0 aliphatic heterocycles. The molecule has 1 amide bonds. The molecule has 19 heavy (non-hydrogen) atoms. The van der Waals surface area contributed by atoms with Crippen molar-refractivity contribution in [1.29, 1.82) is 0 Å². The van der Waals surface area contributed by atoms with E-state index in [9.17, 15) is 13.6 Å². The van der Waals surface area contributed by atoms with Gasteiger partial charge in [-0.1, -0.05) is 6.92 Å². The normalized spacial score (nSPS) is 10.5. The second-order valence-corrected chi connectivity index (χ2v) is 3.97. The molecule has 5 nitrogen and oxygen atoms in total. The van der Waals surface area contributed by atoms with Crippen molar-refractivity contribution in [2.75, 3.05) is 5.32 Å². The van der Waals surface area contributed by atoms with E-state index in [0.29, 0.717) is 12.2 Å². The van der Waals surface area contributed by atoms with Crippen LogP contribution in [0.4, 0.5) is 14.5 Å². The van der Waals surface area contributed by atoms with E-state index in [4.69, 9.17) is 0 Å². The smallest absolute Gasteiger partial charge is 0.295 e. The van der Waals surface area contributed by atoms with E-state index in [1.54, 1.807) is 0 Å². The molecule has 1 aromatic carbocycles. The zero-order chi connectivity index (χ0) is 13.8. The van der Waals surface area contributed by atoms with Crippen molar-refractivity contribution in [3.63, 3.8) is 0 Å². The number of aryl methyl sites for hydroxylation is 1. The van der Waals surface area contributed by atoms with E-state index in [-0.39, 0.29) is 11.5 Å². The highest BCUT2D eigenvalue weighted by Gasteiger charge is 2.13. The summed E-state index contributed by atoms with van der Waals surface area (Å²) in [5.41, 5.74) is 0.0179. The highest BCUT2D eigenvalue weighted by Crippen LogP contribution is 2.13. The molecule has 0 bridgehead atoms. The Bertz CT molecular complexity index is 577. The number of hydrogen-bond donors (Lipinski definition) is 2. The molecule has 100 valence electrons. The van der Waals surface area contributed by atoms with Gasteiger partial charge in [0.2, 0.25) is 5.82 Å². The fraction of sp³-hybridized carbons (Fsp3) is 0.250. The SMILES string of the molecule is CCCc1nc(C(=O)Nc2cc(F)cc(F)c2)n[nH]1. The Kier molecular flexibility index (Phi) is 3.84. The lowest BCUT2D eigenvalue weighted by molar-refractivity contribution is 0.101. The highest BCUT2D eigenvalue weighted by molar-refractivity contribution is 6.01. The van der Waals surface area contributed by atoms with Crippen molar-refractivity contribution < 1.29 is 13.6 Å². The Morgan fingerprint density at radius 2 is 2.00 bits per heavy atom. The Balaban J connectivity index is 2.11. The molecule has 0 atom stereocenters. The number of nitrogens with zero attached hydrogens (tertiary/aromatic N) is 2. The molecule has 0 fully saturated rings. The third-order valence-electron chi connectivity index (χ3n) is 2.34. The molecule has 1 heterocycles. The van der Waals surface area contributed by atoms with Gasteiger partial charge in [0.1, 0.15) is 17.5 Å². The average Bonchev–Trinajstić information content (AvgIpc) is 2.76. The van der Waals surface area contributed by atoms with Gasteiger partial charge in [-0.25, -0.2) is 13.8 Å². The first-order chi connectivity index (χ1) is 9.08. The maximum Gasteiger partial charge on any atom is 0.295 e. The summed E-state index contributed by atoms with van der Waals surface area (Å²) in [6.45, 7) is 1.97. The fourth-order valence-corrected chi connectivity index (χ4v) is 1.56. The fourth-order valence-electron chi connectivity index (χ4n) is 1.56. The predicted octanol–water partition coefficient (Wildman–Crippen LogP) is 2.29. The number of H-pyrrole nitrogens is 1. The first kappa shape index (κ1) is 13.1. The minimum Gasteiger partial charge on any atom is -0.319 e. The topological polar surface area (TPSA) is 70.7 Å². The second-order valence-electron chi connectivity index (χ2n) is 3.97. The summed E-state index contributed by atoms with van der Waals surface area (Å²) in [4.78, 5) is 15.7. The molecular formula is C12H12F2N4O. The van der Waals surface area contributed by atoms with E-state index in [0.717, 1.165) is 24.6 Å². The first-order valence-corrected chi connectivity index (χ1v) is 5.77. The lowest BCUT2D eigenvalue weighted by Gasteiger charge is -2.02. The molecule has 0 spiro atoms. The van der Waals surface area contributed by atoms with Gasteiger partial charge in [-0.3, -0.25) is 9.89 Å². The van der Waals surface area contributed by atoms with Crippen molar-refractivity contribution in [1.82, 2.24) is 15.2 Å². The lowest BCUT2D eigenvalue weighted by atomic mass is 10.3. The van der Waals surface area contributed by atoms with Gasteiger partial charge < -0.3 is 5.32 Å². The molecule has 0 unspecified atom stereocenters. The van der Waals surface area contributed by atoms with Gasteiger partial charge in [0.15, 0.2) is 0 Å². The zero-order valence-corrected chi connectivity index (χ0v) is 10.2. The molecule has 0 saturated heterocycles. The summed E-state index contributed by atoms with van der Waals surface area (Å²) in [7, 11) is 0. The summed E-state index contributed by atoms with van der Waals surface area (Å²) in [5.74, 6) is -1.62. The van der Waals surface area contributed by atoms with Crippen LogP contribution in [0.1, 0.15) is 29.8 Å². The number of halogens is 2. The van der Waals surface area contributed by atoms with Crippen molar-refractivity contribution in [3.8, 4) is 0 Å². The van der Waals surface area contributed by atoms with E-state index in [1.165, 1.54) is 0 Å². The Labute approximate surface area is 108 Å². The number of carbonyl (C=O) groups is 1. The van der Waals surface area contributed by atoms with Crippen molar-refractivity contribution in [2.45, 2.75) is 19.8 Å². The Morgan fingerprint density at radius 1 is 1.32 bits per heavy atom. The van der Waals surface area contributed by atoms with Gasteiger partial charge in [-0.2, -0.15) is 0 Å². The molecule has 7 heteroatoms. The molecule has 0 aliphatic rings. The van der Waals surface area contributed by atoms with E-state index in [2.05, 4.69) is 20.5 Å². The Hall–Kier alpha value is -2.31. The van der Waals surface area contributed by atoms with Crippen LogP contribution in [0.2, 0.25) is 0 Å². The predicted molar refractivity (Wildman–Crippen MR) is 64.7 cm³/mol. The van der Waals surface area contributed by atoms with E-state index >= 15 is 0 Å². The third kappa shape index (κ3) is 3.34. The number of aromatic nitrogens is 3. The van der Waals surface area contributed by atoms with Crippen LogP contribution in [0, 0.1) is 11.6 Å². The van der Waals surface area contributed by atoms with Gasteiger partial charge in [-0.15, -0.1) is 5.10 Å². The second kappa shape index (κ2) is 5.55. The summed E-state index contributed by atoms with van der Waals surface area (Å²) < 4.78 is 25.9. The quantitative estimate of drug-likeness (QED) is 0.891. The van der Waals surface area contributed by atoms with Crippen molar-refractivity contribution in [3.05, 3.63) is 41.5 Å². The number of hydrogen-bond acceptors (Lipinski definition) is 3. The standard InChI is InChI=1S/C12H12F2N4O/c1-2-3-10-16-11(18-17-10)12(19)15-9-5-7(13)4-8(14)6-9/h4-6H,2-3H2,1H3,(H,15,19)(H,16,17,18). The molecule has 0 radical (unpaired) electrons. The number of carbonyl (C=O) groups excluding carboxylic acids is 1. The molecular weight excluding hydrogens is 254 g/mol. The summed E-state index contributed by atoms with van der Waals surface area (Å²) in [6, 6.07) is 2.75. The van der Waals surface area contributed by atoms with Crippen LogP contribution in [-0.4, -0.2) is 21.1 Å². The van der Waals surface area contributed by atoms with E-state index in [1.807, 2.05) is 6.92 Å². The number of rotatable bonds is 4. The Morgan fingerprint density at radius 3 is 2.63 bits per heavy atom. The van der Waals surface area contributed by atoms with Crippen LogP contribution in [0.3, 0.4) is 0 Å². The molecule has 2 rings (SSSR count). The molecule has 1 aromatic heterocycles. The molecule has 0 aliphatic carbocycles. The number of anilines is 1. The summed E-state index contributed by atoms with van der Waals surface area (Å²) >= 11 is 0. The number of nitrogens with one attached hydrogen (secondary N) is 2. The van der Waals surface area contributed by atoms with Crippen LogP contribution < -0.4 is 5.32 Å². The largest absolute Gasteiger partial charge is 0.319 e. The lowest BCUT2D eigenvalue weighted by Crippen LogP contribution is -2.14. The molecule has 0 saturated carbocycles. The van der Waals surface area contributed by atoms with Crippen LogP contribution in [0.25, 0.3) is 0 Å². The minimum atomic E-state index is -0.767. The highest BCUT2D eigenvalue weighted by atomic mass is 19.1. The van der Waals surface area contributed by atoms with Crippen LogP contribution in [0.15, 0.2) is 18.2 Å². The molecule has 2 N–H and O–H groups in total. The van der Waals surface area contributed by atoms with Gasteiger partial charge in [0.25, 0.3) is 5.91 Å². The van der Waals surface area contributed by atoms with Crippen LogP contribution in [-0.2, 0) is 6.42 Å². The van der Waals surface area contributed by atoms with E-state index < -0.39 is 17.5 Å². The summed E-state index contributed by atoms with van der Waals surface area (Å²) in [5, 5.41) is 8.70. The average molecular weight is 266 g/mol. The number of amides is 1. The number of benzene rings is 1.